The van der Waals surface area contributed by atoms with Gasteiger partial charge in [0.1, 0.15) is 9.84 Å². The monoisotopic (exact) mass is 277 g/mol. The van der Waals surface area contributed by atoms with Crippen molar-refractivity contribution in [1.82, 2.24) is 5.32 Å². The van der Waals surface area contributed by atoms with Gasteiger partial charge in [0.2, 0.25) is 0 Å². The molecule has 0 aliphatic heterocycles. The molecule has 0 atom stereocenters. The minimum absolute atomic E-state index is 0.0826. The maximum atomic E-state index is 11.7. The van der Waals surface area contributed by atoms with Crippen molar-refractivity contribution >= 4 is 9.84 Å². The van der Waals surface area contributed by atoms with Gasteiger partial charge in [-0.3, -0.25) is 0 Å². The quantitative estimate of drug-likeness (QED) is 0.742. The summed E-state index contributed by atoms with van der Waals surface area (Å²) in [6, 6.07) is 0. The normalized spacial score (nSPS) is 13.9. The van der Waals surface area contributed by atoms with Gasteiger partial charge in [0, 0.05) is 17.8 Å². The number of nitrogens with one attached hydrogen (secondary N) is 1. The maximum absolute atomic E-state index is 11.7. The first-order chi connectivity index (χ1) is 8.10. The lowest BCUT2D eigenvalue weighted by Gasteiger charge is -2.35. The topological polar surface area (TPSA) is 46.2 Å². The van der Waals surface area contributed by atoms with E-state index < -0.39 is 9.84 Å². The van der Waals surface area contributed by atoms with Gasteiger partial charge in [-0.1, -0.05) is 20.8 Å². The second-order valence-electron chi connectivity index (χ2n) is 6.30. The molecule has 0 heterocycles. The van der Waals surface area contributed by atoms with Crippen LogP contribution in [0.1, 0.15) is 60.8 Å². The van der Waals surface area contributed by atoms with Crippen LogP contribution in [0, 0.1) is 5.41 Å². The van der Waals surface area contributed by atoms with Gasteiger partial charge in [0.05, 0.1) is 5.75 Å². The Labute approximate surface area is 114 Å². The van der Waals surface area contributed by atoms with E-state index in [2.05, 4.69) is 39.9 Å². The molecule has 3 nitrogen and oxygen atoms in total. The van der Waals surface area contributed by atoms with Gasteiger partial charge in [0.25, 0.3) is 0 Å². The summed E-state index contributed by atoms with van der Waals surface area (Å²) in [6.07, 6.45) is 2.80. The number of rotatable bonds is 8. The molecule has 0 aromatic heterocycles. The van der Waals surface area contributed by atoms with Crippen molar-refractivity contribution in [2.75, 3.05) is 18.1 Å². The van der Waals surface area contributed by atoms with E-state index in [-0.39, 0.29) is 16.7 Å². The molecule has 18 heavy (non-hydrogen) atoms. The zero-order chi connectivity index (χ0) is 14.4. The van der Waals surface area contributed by atoms with E-state index >= 15 is 0 Å². The van der Waals surface area contributed by atoms with E-state index in [1.165, 1.54) is 0 Å². The summed E-state index contributed by atoms with van der Waals surface area (Å²) in [5.74, 6) is 0.570. The van der Waals surface area contributed by atoms with E-state index in [1.807, 2.05) is 0 Å². The largest absolute Gasteiger partial charge is 0.312 e. The fourth-order valence-electron chi connectivity index (χ4n) is 1.91. The number of sulfone groups is 1. The number of hydrogen-bond donors (Lipinski definition) is 1. The fraction of sp³-hybridized carbons (Fsp3) is 1.00. The molecule has 0 bridgehead atoms. The highest BCUT2D eigenvalue weighted by Gasteiger charge is 2.29. The lowest BCUT2D eigenvalue weighted by Crippen LogP contribution is -2.44. The van der Waals surface area contributed by atoms with Crippen molar-refractivity contribution in [2.45, 2.75) is 66.3 Å². The molecule has 0 fully saturated rings. The Morgan fingerprint density at radius 3 is 1.83 bits per heavy atom. The van der Waals surface area contributed by atoms with Crippen molar-refractivity contribution in [3.05, 3.63) is 0 Å². The van der Waals surface area contributed by atoms with E-state index in [0.717, 1.165) is 25.8 Å². The zero-order valence-electron chi connectivity index (χ0n) is 13.0. The summed E-state index contributed by atoms with van der Waals surface area (Å²) in [7, 11) is -2.85. The van der Waals surface area contributed by atoms with E-state index in [0.29, 0.717) is 5.75 Å². The minimum atomic E-state index is -2.85. The van der Waals surface area contributed by atoms with Crippen LogP contribution in [0.25, 0.3) is 0 Å². The molecule has 0 amide bonds. The first-order valence-corrected chi connectivity index (χ1v) is 8.87. The van der Waals surface area contributed by atoms with E-state index in [1.54, 1.807) is 6.92 Å². The third kappa shape index (κ3) is 6.74. The first-order valence-electron chi connectivity index (χ1n) is 7.05. The van der Waals surface area contributed by atoms with Gasteiger partial charge in [0.15, 0.2) is 0 Å². The molecule has 0 saturated heterocycles. The highest BCUT2D eigenvalue weighted by Crippen LogP contribution is 2.31. The minimum Gasteiger partial charge on any atom is -0.312 e. The second kappa shape index (κ2) is 6.90. The van der Waals surface area contributed by atoms with Crippen LogP contribution in [0.2, 0.25) is 0 Å². The highest BCUT2D eigenvalue weighted by atomic mass is 32.2. The molecule has 0 unspecified atom stereocenters. The standard InChI is InChI=1S/C14H31NO2S/c1-7-14(8-2,12-15-13(4,5)6)10-11-18(16,17)9-3/h15H,7-12H2,1-6H3. The summed E-state index contributed by atoms with van der Waals surface area (Å²) in [6.45, 7) is 13.4. The Kier molecular flexibility index (Phi) is 6.86. The SMILES string of the molecule is CCC(CC)(CCS(=O)(=O)CC)CNC(C)(C)C. The molecule has 110 valence electrons. The molecule has 0 aromatic rings. The smallest absolute Gasteiger partial charge is 0.150 e. The summed E-state index contributed by atoms with van der Waals surface area (Å²) >= 11 is 0. The first kappa shape index (κ1) is 17.9. The second-order valence-corrected chi connectivity index (χ2v) is 8.77. The zero-order valence-corrected chi connectivity index (χ0v) is 13.8. The molecule has 1 N–H and O–H groups in total. The maximum Gasteiger partial charge on any atom is 0.150 e. The van der Waals surface area contributed by atoms with Crippen molar-refractivity contribution < 1.29 is 8.42 Å². The van der Waals surface area contributed by atoms with Crippen molar-refractivity contribution in [1.29, 1.82) is 0 Å². The fourth-order valence-corrected chi connectivity index (χ4v) is 2.94. The molecule has 0 radical (unpaired) electrons. The van der Waals surface area contributed by atoms with Crippen molar-refractivity contribution in [2.24, 2.45) is 5.41 Å². The number of hydrogen-bond acceptors (Lipinski definition) is 3. The highest BCUT2D eigenvalue weighted by molar-refractivity contribution is 7.91. The summed E-state index contributed by atoms with van der Waals surface area (Å²) in [5.41, 5.74) is 0.189. The Morgan fingerprint density at radius 2 is 1.50 bits per heavy atom. The third-order valence-electron chi connectivity index (χ3n) is 3.88. The van der Waals surface area contributed by atoms with Crippen LogP contribution in [-0.4, -0.2) is 32.0 Å². The molecule has 4 heteroatoms. The van der Waals surface area contributed by atoms with E-state index in [4.69, 9.17) is 0 Å². The average Bonchev–Trinajstić information content (AvgIpc) is 2.29. The Bertz CT molecular complexity index is 324. The molecule has 0 saturated carbocycles. The Balaban J connectivity index is 4.62. The summed E-state index contributed by atoms with van der Waals surface area (Å²) in [4.78, 5) is 0. The molecular formula is C14H31NO2S. The van der Waals surface area contributed by atoms with Gasteiger partial charge in [-0.2, -0.15) is 0 Å². The predicted molar refractivity (Wildman–Crippen MR) is 79.7 cm³/mol. The van der Waals surface area contributed by atoms with Crippen LogP contribution < -0.4 is 5.32 Å². The van der Waals surface area contributed by atoms with Crippen LogP contribution in [0.3, 0.4) is 0 Å². The Hall–Kier alpha value is -0.0900. The average molecular weight is 277 g/mol. The summed E-state index contributed by atoms with van der Waals surface area (Å²) in [5, 5.41) is 3.52. The van der Waals surface area contributed by atoms with E-state index in [9.17, 15) is 8.42 Å². The molecule has 0 rings (SSSR count). The van der Waals surface area contributed by atoms with Crippen LogP contribution >= 0.6 is 0 Å². The third-order valence-corrected chi connectivity index (χ3v) is 5.58. The molecule has 0 spiro atoms. The lowest BCUT2D eigenvalue weighted by atomic mass is 9.79. The lowest BCUT2D eigenvalue weighted by molar-refractivity contribution is 0.214. The van der Waals surface area contributed by atoms with Gasteiger partial charge >= 0.3 is 0 Å². The van der Waals surface area contributed by atoms with Gasteiger partial charge in [-0.15, -0.1) is 0 Å². The van der Waals surface area contributed by atoms with Gasteiger partial charge in [-0.25, -0.2) is 8.42 Å². The molecule has 0 aliphatic rings. The Morgan fingerprint density at radius 1 is 1.00 bits per heavy atom. The van der Waals surface area contributed by atoms with Crippen LogP contribution in [0.4, 0.5) is 0 Å². The van der Waals surface area contributed by atoms with Crippen LogP contribution in [-0.2, 0) is 9.84 Å². The van der Waals surface area contributed by atoms with Gasteiger partial charge in [-0.05, 0) is 45.4 Å². The van der Waals surface area contributed by atoms with Crippen LogP contribution in [0.5, 0.6) is 0 Å². The summed E-state index contributed by atoms with van der Waals surface area (Å²) < 4.78 is 23.3. The van der Waals surface area contributed by atoms with Crippen molar-refractivity contribution in [3.63, 3.8) is 0 Å². The molecular weight excluding hydrogens is 246 g/mol. The van der Waals surface area contributed by atoms with Gasteiger partial charge < -0.3 is 5.32 Å². The predicted octanol–water partition coefficient (Wildman–Crippen LogP) is 3.01. The molecule has 0 aromatic carbocycles. The van der Waals surface area contributed by atoms with Crippen LogP contribution in [0.15, 0.2) is 0 Å². The molecule has 0 aliphatic carbocycles. The van der Waals surface area contributed by atoms with Crippen molar-refractivity contribution in [3.8, 4) is 0 Å².